The van der Waals surface area contributed by atoms with Crippen molar-refractivity contribution in [3.05, 3.63) is 18.2 Å². The van der Waals surface area contributed by atoms with Gasteiger partial charge in [0.25, 0.3) is 0 Å². The fraction of sp³-hybridized carbons (Fsp3) is 0.462. The van der Waals surface area contributed by atoms with Crippen molar-refractivity contribution < 1.29 is 23.0 Å². The first-order chi connectivity index (χ1) is 8.97. The lowest BCUT2D eigenvalue weighted by atomic mass is 10.1. The Bertz CT molecular complexity index is 438. The zero-order valence-corrected chi connectivity index (χ0v) is 11.1. The van der Waals surface area contributed by atoms with E-state index in [-0.39, 0.29) is 23.3 Å². The van der Waals surface area contributed by atoms with E-state index in [2.05, 4.69) is 10.1 Å². The van der Waals surface area contributed by atoms with Crippen molar-refractivity contribution in [3.63, 3.8) is 0 Å². The molecule has 0 aromatic heterocycles. The third kappa shape index (κ3) is 4.39. The molecule has 0 saturated heterocycles. The second-order valence-corrected chi connectivity index (χ2v) is 4.04. The van der Waals surface area contributed by atoms with Gasteiger partial charge < -0.3 is 14.8 Å². The van der Waals surface area contributed by atoms with Gasteiger partial charge in [-0.3, -0.25) is 4.79 Å². The van der Waals surface area contributed by atoms with E-state index in [0.29, 0.717) is 12.1 Å². The lowest BCUT2D eigenvalue weighted by Crippen LogP contribution is -2.19. The lowest BCUT2D eigenvalue weighted by Gasteiger charge is -2.13. The molecule has 0 radical (unpaired) electrons. The normalized spacial score (nSPS) is 12.1. The van der Waals surface area contributed by atoms with Crippen LogP contribution in [0.2, 0.25) is 0 Å². The molecule has 0 fully saturated rings. The molecular weight excluding hydrogens is 256 g/mol. The van der Waals surface area contributed by atoms with Gasteiger partial charge in [-0.2, -0.15) is 8.78 Å². The summed E-state index contributed by atoms with van der Waals surface area (Å²) in [4.78, 5) is 11.7. The topological polar surface area (TPSA) is 47.6 Å². The van der Waals surface area contributed by atoms with Gasteiger partial charge in [0.15, 0.2) is 11.5 Å². The highest BCUT2D eigenvalue weighted by molar-refractivity contribution is 5.92. The number of ether oxygens (including phenoxy) is 2. The molecule has 1 atom stereocenters. The van der Waals surface area contributed by atoms with Crippen molar-refractivity contribution in [1.29, 1.82) is 0 Å². The first-order valence-corrected chi connectivity index (χ1v) is 5.91. The molecule has 6 heteroatoms. The first-order valence-electron chi connectivity index (χ1n) is 5.91. The number of hydrogen-bond acceptors (Lipinski definition) is 3. The van der Waals surface area contributed by atoms with E-state index >= 15 is 0 Å². The van der Waals surface area contributed by atoms with Crippen molar-refractivity contribution >= 4 is 11.6 Å². The van der Waals surface area contributed by atoms with Gasteiger partial charge >= 0.3 is 6.61 Å². The van der Waals surface area contributed by atoms with E-state index < -0.39 is 6.61 Å². The van der Waals surface area contributed by atoms with Crippen molar-refractivity contribution in [2.75, 3.05) is 12.4 Å². The number of halogens is 2. The van der Waals surface area contributed by atoms with Gasteiger partial charge in [0.1, 0.15) is 0 Å². The van der Waals surface area contributed by atoms with Gasteiger partial charge in [0, 0.05) is 17.7 Å². The Morgan fingerprint density at radius 3 is 2.58 bits per heavy atom. The molecule has 0 aliphatic carbocycles. The van der Waals surface area contributed by atoms with E-state index in [1.54, 1.807) is 13.0 Å². The van der Waals surface area contributed by atoms with Gasteiger partial charge in [0.2, 0.25) is 5.91 Å². The summed E-state index contributed by atoms with van der Waals surface area (Å²) in [5.74, 6) is -0.251. The van der Waals surface area contributed by atoms with Crippen LogP contribution in [0.15, 0.2) is 18.2 Å². The average molecular weight is 273 g/mol. The lowest BCUT2D eigenvalue weighted by molar-refractivity contribution is -0.119. The molecule has 4 nitrogen and oxygen atoms in total. The molecule has 1 unspecified atom stereocenters. The highest BCUT2D eigenvalue weighted by Crippen LogP contribution is 2.31. The Morgan fingerprint density at radius 2 is 2.05 bits per heavy atom. The number of benzene rings is 1. The molecule has 0 spiro atoms. The maximum Gasteiger partial charge on any atom is 0.387 e. The van der Waals surface area contributed by atoms with E-state index in [9.17, 15) is 13.6 Å². The van der Waals surface area contributed by atoms with Crippen molar-refractivity contribution in [2.45, 2.75) is 26.9 Å². The van der Waals surface area contributed by atoms with Crippen LogP contribution in [0, 0.1) is 5.92 Å². The van der Waals surface area contributed by atoms with Gasteiger partial charge in [-0.15, -0.1) is 0 Å². The van der Waals surface area contributed by atoms with E-state index in [0.717, 1.165) is 0 Å². The summed E-state index contributed by atoms with van der Waals surface area (Å²) >= 11 is 0. The molecule has 1 aromatic rings. The van der Waals surface area contributed by atoms with Crippen molar-refractivity contribution in [3.8, 4) is 11.5 Å². The van der Waals surface area contributed by atoms with Crippen molar-refractivity contribution in [1.82, 2.24) is 0 Å². The van der Waals surface area contributed by atoms with Gasteiger partial charge in [-0.25, -0.2) is 0 Å². The molecule has 0 saturated carbocycles. The average Bonchev–Trinajstić information content (AvgIpc) is 2.37. The number of amides is 1. The molecule has 1 rings (SSSR count). The fourth-order valence-corrected chi connectivity index (χ4v) is 1.39. The van der Waals surface area contributed by atoms with Gasteiger partial charge in [-0.05, 0) is 18.6 Å². The van der Waals surface area contributed by atoms with Crippen LogP contribution in [0.25, 0.3) is 0 Å². The van der Waals surface area contributed by atoms with E-state index in [1.807, 2.05) is 6.92 Å². The molecule has 0 aliphatic heterocycles. The van der Waals surface area contributed by atoms with Crippen LogP contribution >= 0.6 is 0 Å². The SMILES string of the molecule is CCC(C)C(=O)Nc1ccc(OC)c(OC(F)F)c1. The summed E-state index contributed by atoms with van der Waals surface area (Å²) in [5.41, 5.74) is 0.391. The van der Waals surface area contributed by atoms with Gasteiger partial charge in [-0.1, -0.05) is 13.8 Å². The Morgan fingerprint density at radius 1 is 1.37 bits per heavy atom. The number of alkyl halides is 2. The summed E-state index contributed by atoms with van der Waals surface area (Å²) in [5, 5.41) is 2.64. The van der Waals surface area contributed by atoms with E-state index in [4.69, 9.17) is 4.74 Å². The van der Waals surface area contributed by atoms with Crippen LogP contribution in [0.5, 0.6) is 11.5 Å². The third-order valence-electron chi connectivity index (χ3n) is 2.71. The minimum absolute atomic E-state index is 0.112. The number of hydrogen-bond donors (Lipinski definition) is 1. The van der Waals surface area contributed by atoms with Crippen LogP contribution < -0.4 is 14.8 Å². The standard InChI is InChI=1S/C13H17F2NO3/c1-4-8(2)12(17)16-9-5-6-10(18-3)11(7-9)19-13(14)15/h5-8,13H,4H2,1-3H3,(H,16,17). The van der Waals surface area contributed by atoms with Crippen molar-refractivity contribution in [2.24, 2.45) is 5.92 Å². The second-order valence-electron chi connectivity index (χ2n) is 4.04. The second kappa shape index (κ2) is 6.92. The van der Waals surface area contributed by atoms with Crippen LogP contribution in [-0.2, 0) is 4.79 Å². The number of carbonyl (C=O) groups is 1. The molecule has 1 aromatic carbocycles. The summed E-state index contributed by atoms with van der Waals surface area (Å²) in [6.07, 6.45) is 0.697. The number of nitrogens with one attached hydrogen (secondary N) is 1. The third-order valence-corrected chi connectivity index (χ3v) is 2.71. The zero-order chi connectivity index (χ0) is 14.4. The van der Waals surface area contributed by atoms with Crippen LogP contribution in [0.4, 0.5) is 14.5 Å². The maximum absolute atomic E-state index is 12.2. The fourth-order valence-electron chi connectivity index (χ4n) is 1.39. The molecule has 106 valence electrons. The quantitative estimate of drug-likeness (QED) is 0.865. The summed E-state index contributed by atoms with van der Waals surface area (Å²) < 4.78 is 33.7. The molecule has 19 heavy (non-hydrogen) atoms. The molecule has 0 aliphatic rings. The molecule has 1 N–H and O–H groups in total. The Hall–Kier alpha value is -1.85. The number of rotatable bonds is 6. The molecule has 0 bridgehead atoms. The van der Waals surface area contributed by atoms with Gasteiger partial charge in [0.05, 0.1) is 7.11 Å². The minimum Gasteiger partial charge on any atom is -0.493 e. The predicted octanol–water partition coefficient (Wildman–Crippen LogP) is 3.28. The first kappa shape index (κ1) is 15.2. The largest absolute Gasteiger partial charge is 0.493 e. The Labute approximate surface area is 110 Å². The number of methoxy groups -OCH3 is 1. The van der Waals surface area contributed by atoms with E-state index in [1.165, 1.54) is 19.2 Å². The molecule has 0 heterocycles. The Kier molecular flexibility index (Phi) is 5.54. The highest BCUT2D eigenvalue weighted by Gasteiger charge is 2.14. The molecule has 1 amide bonds. The zero-order valence-electron chi connectivity index (χ0n) is 11.1. The number of anilines is 1. The Balaban J connectivity index is 2.88. The predicted molar refractivity (Wildman–Crippen MR) is 67.7 cm³/mol. The smallest absolute Gasteiger partial charge is 0.387 e. The summed E-state index contributed by atoms with van der Waals surface area (Å²) in [7, 11) is 1.35. The number of carbonyl (C=O) groups excluding carboxylic acids is 1. The summed E-state index contributed by atoms with van der Waals surface area (Å²) in [6.45, 7) is 0.730. The monoisotopic (exact) mass is 273 g/mol. The molecular formula is C13H17F2NO3. The summed E-state index contributed by atoms with van der Waals surface area (Å²) in [6, 6.07) is 4.34. The highest BCUT2D eigenvalue weighted by atomic mass is 19.3. The van der Waals surface area contributed by atoms with Crippen LogP contribution in [-0.4, -0.2) is 19.6 Å². The van der Waals surface area contributed by atoms with Crippen LogP contribution in [0.3, 0.4) is 0 Å². The minimum atomic E-state index is -2.95. The van der Waals surface area contributed by atoms with Crippen LogP contribution in [0.1, 0.15) is 20.3 Å². The maximum atomic E-state index is 12.2.